The van der Waals surface area contributed by atoms with Gasteiger partial charge in [-0.1, -0.05) is 0 Å². The van der Waals surface area contributed by atoms with Gasteiger partial charge in [-0.3, -0.25) is 9.59 Å². The minimum Gasteiger partial charge on any atom is -0.355 e. The molecule has 0 spiro atoms. The van der Waals surface area contributed by atoms with Crippen molar-refractivity contribution in [3.05, 3.63) is 0 Å². The standard InChI is InChI=1S/C12H20N2O2/c1-8(9-3-4-9)14(2)12(16)10-5-6-11(15)13-7-10/h8-10H,3-7H2,1-2H3,(H,13,15). The number of rotatable bonds is 3. The lowest BCUT2D eigenvalue weighted by atomic mass is 9.97. The van der Waals surface area contributed by atoms with Gasteiger partial charge in [0.15, 0.2) is 0 Å². The number of hydrogen-bond donors (Lipinski definition) is 1. The van der Waals surface area contributed by atoms with Crippen molar-refractivity contribution in [2.45, 2.75) is 38.6 Å². The molecule has 2 rings (SSSR count). The number of hydrogen-bond acceptors (Lipinski definition) is 2. The largest absolute Gasteiger partial charge is 0.355 e. The molecule has 0 bridgehead atoms. The predicted molar refractivity (Wildman–Crippen MR) is 60.7 cm³/mol. The topological polar surface area (TPSA) is 49.4 Å². The highest BCUT2D eigenvalue weighted by Gasteiger charge is 2.35. The van der Waals surface area contributed by atoms with Crippen LogP contribution in [0.15, 0.2) is 0 Å². The van der Waals surface area contributed by atoms with Gasteiger partial charge < -0.3 is 10.2 Å². The first-order valence-corrected chi connectivity index (χ1v) is 6.13. The summed E-state index contributed by atoms with van der Waals surface area (Å²) in [5, 5.41) is 2.77. The number of amides is 2. The van der Waals surface area contributed by atoms with Crippen LogP contribution in [0.1, 0.15) is 32.6 Å². The van der Waals surface area contributed by atoms with Gasteiger partial charge in [-0.05, 0) is 32.1 Å². The lowest BCUT2D eigenvalue weighted by molar-refractivity contribution is -0.138. The van der Waals surface area contributed by atoms with E-state index in [1.165, 1.54) is 12.8 Å². The molecular weight excluding hydrogens is 204 g/mol. The third kappa shape index (κ3) is 2.36. The molecule has 1 saturated carbocycles. The Morgan fingerprint density at radius 3 is 2.62 bits per heavy atom. The minimum absolute atomic E-state index is 0.0103. The quantitative estimate of drug-likeness (QED) is 0.769. The molecule has 2 unspecified atom stereocenters. The SMILES string of the molecule is CC(C1CC1)N(C)C(=O)C1CCC(=O)NC1. The Morgan fingerprint density at radius 2 is 2.12 bits per heavy atom. The van der Waals surface area contributed by atoms with Crippen LogP contribution < -0.4 is 5.32 Å². The predicted octanol–water partition coefficient (Wildman–Crippen LogP) is 0.769. The molecule has 4 heteroatoms. The smallest absolute Gasteiger partial charge is 0.227 e. The highest BCUT2D eigenvalue weighted by Crippen LogP contribution is 2.35. The summed E-state index contributed by atoms with van der Waals surface area (Å²) in [4.78, 5) is 25.0. The normalized spacial score (nSPS) is 27.1. The Labute approximate surface area is 96.4 Å². The van der Waals surface area contributed by atoms with Crippen molar-refractivity contribution in [3.63, 3.8) is 0 Å². The van der Waals surface area contributed by atoms with Crippen LogP contribution in [-0.2, 0) is 9.59 Å². The lowest BCUT2D eigenvalue weighted by Gasteiger charge is -2.30. The van der Waals surface area contributed by atoms with Crippen molar-refractivity contribution in [2.75, 3.05) is 13.6 Å². The van der Waals surface area contributed by atoms with Crippen LogP contribution in [0.2, 0.25) is 0 Å². The Balaban J connectivity index is 1.88. The second kappa shape index (κ2) is 4.44. The van der Waals surface area contributed by atoms with E-state index in [-0.39, 0.29) is 17.7 Å². The Hall–Kier alpha value is -1.06. The fourth-order valence-electron chi connectivity index (χ4n) is 2.33. The summed E-state index contributed by atoms with van der Waals surface area (Å²) in [5.74, 6) is 0.956. The third-order valence-corrected chi connectivity index (χ3v) is 3.88. The molecule has 2 atom stereocenters. The number of carbonyl (C=O) groups is 2. The molecule has 90 valence electrons. The summed E-state index contributed by atoms with van der Waals surface area (Å²) in [6.07, 6.45) is 3.69. The molecule has 0 aromatic carbocycles. The highest BCUT2D eigenvalue weighted by molar-refractivity contribution is 5.83. The van der Waals surface area contributed by atoms with E-state index in [1.54, 1.807) is 0 Å². The summed E-state index contributed by atoms with van der Waals surface area (Å²) < 4.78 is 0. The zero-order valence-corrected chi connectivity index (χ0v) is 10.0. The van der Waals surface area contributed by atoms with Crippen LogP contribution in [0.3, 0.4) is 0 Å². The summed E-state index contributed by atoms with van der Waals surface area (Å²) in [6.45, 7) is 2.64. The molecule has 2 fully saturated rings. The van der Waals surface area contributed by atoms with Gasteiger partial charge >= 0.3 is 0 Å². The van der Waals surface area contributed by atoms with Gasteiger partial charge in [-0.25, -0.2) is 0 Å². The number of nitrogens with zero attached hydrogens (tertiary/aromatic N) is 1. The second-order valence-corrected chi connectivity index (χ2v) is 5.07. The molecule has 0 aromatic rings. The molecule has 1 aliphatic heterocycles. The maximum atomic E-state index is 12.2. The number of nitrogens with one attached hydrogen (secondary N) is 1. The van der Waals surface area contributed by atoms with Gasteiger partial charge in [-0.2, -0.15) is 0 Å². The Morgan fingerprint density at radius 1 is 1.44 bits per heavy atom. The summed E-state index contributed by atoms with van der Waals surface area (Å²) in [5.41, 5.74) is 0. The van der Waals surface area contributed by atoms with Gasteiger partial charge in [0.2, 0.25) is 11.8 Å². The first-order valence-electron chi connectivity index (χ1n) is 6.13. The molecule has 16 heavy (non-hydrogen) atoms. The fraction of sp³-hybridized carbons (Fsp3) is 0.833. The first kappa shape index (κ1) is 11.4. The van der Waals surface area contributed by atoms with Gasteiger partial charge in [0.05, 0.1) is 5.92 Å². The molecule has 0 radical (unpaired) electrons. The van der Waals surface area contributed by atoms with Gasteiger partial charge in [-0.15, -0.1) is 0 Å². The number of carbonyl (C=O) groups excluding carboxylic acids is 2. The Bertz CT molecular complexity index is 289. The van der Waals surface area contributed by atoms with E-state index in [2.05, 4.69) is 12.2 Å². The second-order valence-electron chi connectivity index (χ2n) is 5.07. The molecule has 2 amide bonds. The first-order chi connectivity index (χ1) is 7.59. The van der Waals surface area contributed by atoms with E-state index in [4.69, 9.17) is 0 Å². The Kier molecular flexibility index (Phi) is 3.17. The van der Waals surface area contributed by atoms with Crippen LogP contribution in [0, 0.1) is 11.8 Å². The van der Waals surface area contributed by atoms with Crippen LogP contribution >= 0.6 is 0 Å². The summed E-state index contributed by atoms with van der Waals surface area (Å²) in [6, 6.07) is 0.352. The number of piperidine rings is 1. The van der Waals surface area contributed by atoms with Crippen LogP contribution in [0.5, 0.6) is 0 Å². The van der Waals surface area contributed by atoms with Crippen molar-refractivity contribution >= 4 is 11.8 Å². The highest BCUT2D eigenvalue weighted by atomic mass is 16.2. The van der Waals surface area contributed by atoms with Gasteiger partial charge in [0.25, 0.3) is 0 Å². The van der Waals surface area contributed by atoms with Crippen molar-refractivity contribution in [1.29, 1.82) is 0 Å². The molecule has 0 aromatic heterocycles. The maximum Gasteiger partial charge on any atom is 0.227 e. The fourth-order valence-corrected chi connectivity index (χ4v) is 2.33. The van der Waals surface area contributed by atoms with E-state index in [0.29, 0.717) is 31.3 Å². The van der Waals surface area contributed by atoms with Gasteiger partial charge in [0, 0.05) is 26.1 Å². The average Bonchev–Trinajstić information content (AvgIpc) is 3.11. The monoisotopic (exact) mass is 224 g/mol. The van der Waals surface area contributed by atoms with Crippen LogP contribution in [0.25, 0.3) is 0 Å². The lowest BCUT2D eigenvalue weighted by Crippen LogP contribution is -2.46. The molecule has 2 aliphatic rings. The third-order valence-electron chi connectivity index (χ3n) is 3.88. The molecule has 1 N–H and O–H groups in total. The van der Waals surface area contributed by atoms with E-state index in [1.807, 2.05) is 11.9 Å². The zero-order valence-electron chi connectivity index (χ0n) is 10.0. The van der Waals surface area contributed by atoms with E-state index in [0.717, 1.165) is 0 Å². The zero-order chi connectivity index (χ0) is 11.7. The van der Waals surface area contributed by atoms with Crippen LogP contribution in [-0.4, -0.2) is 36.3 Å². The molecular formula is C12H20N2O2. The van der Waals surface area contributed by atoms with Crippen molar-refractivity contribution in [3.8, 4) is 0 Å². The van der Waals surface area contributed by atoms with E-state index < -0.39 is 0 Å². The maximum absolute atomic E-state index is 12.2. The van der Waals surface area contributed by atoms with Gasteiger partial charge in [0.1, 0.15) is 0 Å². The minimum atomic E-state index is -0.0103. The summed E-state index contributed by atoms with van der Waals surface area (Å²) >= 11 is 0. The van der Waals surface area contributed by atoms with Crippen molar-refractivity contribution < 1.29 is 9.59 Å². The average molecular weight is 224 g/mol. The van der Waals surface area contributed by atoms with E-state index >= 15 is 0 Å². The van der Waals surface area contributed by atoms with Crippen LogP contribution in [0.4, 0.5) is 0 Å². The van der Waals surface area contributed by atoms with E-state index in [9.17, 15) is 9.59 Å². The molecule has 1 aliphatic carbocycles. The van der Waals surface area contributed by atoms with Crippen molar-refractivity contribution in [1.82, 2.24) is 10.2 Å². The van der Waals surface area contributed by atoms with Crippen molar-refractivity contribution in [2.24, 2.45) is 11.8 Å². The molecule has 4 nitrogen and oxygen atoms in total. The molecule has 1 heterocycles. The summed E-state index contributed by atoms with van der Waals surface area (Å²) in [7, 11) is 1.89. The molecule has 1 saturated heterocycles.